The zero-order chi connectivity index (χ0) is 17.5. The van der Waals surface area contributed by atoms with Crippen molar-refractivity contribution in [3.05, 3.63) is 66.0 Å². The molecule has 4 heteroatoms. The number of nitrogens with zero attached hydrogens (tertiary/aromatic N) is 3. The molecule has 1 aromatic carbocycles. The van der Waals surface area contributed by atoms with Crippen LogP contribution in [0.15, 0.2) is 54.7 Å². The molecular weight excluding hydrogens is 310 g/mol. The maximum atomic E-state index is 10.4. The molecule has 1 aromatic heterocycles. The third-order valence-corrected chi connectivity index (χ3v) is 5.05. The molecule has 1 N–H and O–H groups in total. The van der Waals surface area contributed by atoms with Crippen molar-refractivity contribution in [2.75, 3.05) is 33.2 Å². The first kappa shape index (κ1) is 18.1. The van der Waals surface area contributed by atoms with Crippen molar-refractivity contribution < 1.29 is 5.11 Å². The van der Waals surface area contributed by atoms with E-state index in [1.807, 2.05) is 48.7 Å². The van der Waals surface area contributed by atoms with Gasteiger partial charge in [0, 0.05) is 25.8 Å². The minimum Gasteiger partial charge on any atom is -0.387 e. The molecule has 0 spiro atoms. The SMILES string of the molecule is CN(Cc1ccccn1)CC1CCN(C[C@@H](O)c2ccccc2)CC1. The third kappa shape index (κ3) is 5.63. The van der Waals surface area contributed by atoms with E-state index >= 15 is 0 Å². The molecule has 3 rings (SSSR count). The Morgan fingerprint density at radius 3 is 2.52 bits per heavy atom. The van der Waals surface area contributed by atoms with Crippen LogP contribution in [0, 0.1) is 5.92 Å². The van der Waals surface area contributed by atoms with Gasteiger partial charge in [-0.1, -0.05) is 36.4 Å². The van der Waals surface area contributed by atoms with E-state index in [9.17, 15) is 5.11 Å². The topological polar surface area (TPSA) is 39.6 Å². The lowest BCUT2D eigenvalue weighted by molar-refractivity contribution is 0.0824. The Bertz CT molecular complexity index is 612. The van der Waals surface area contributed by atoms with Gasteiger partial charge in [-0.15, -0.1) is 0 Å². The summed E-state index contributed by atoms with van der Waals surface area (Å²) in [5.74, 6) is 0.735. The van der Waals surface area contributed by atoms with E-state index in [1.165, 1.54) is 12.8 Å². The second-order valence-corrected chi connectivity index (χ2v) is 7.19. The first-order valence-corrected chi connectivity index (χ1v) is 9.24. The Morgan fingerprint density at radius 2 is 1.84 bits per heavy atom. The number of likely N-dealkylation sites (tertiary alicyclic amines) is 1. The van der Waals surface area contributed by atoms with Crippen LogP contribution >= 0.6 is 0 Å². The molecule has 1 aliphatic rings. The van der Waals surface area contributed by atoms with Crippen LogP contribution in [-0.4, -0.2) is 53.1 Å². The molecule has 25 heavy (non-hydrogen) atoms. The lowest BCUT2D eigenvalue weighted by Gasteiger charge is -2.34. The zero-order valence-electron chi connectivity index (χ0n) is 15.1. The van der Waals surface area contributed by atoms with Crippen molar-refractivity contribution in [1.29, 1.82) is 0 Å². The maximum absolute atomic E-state index is 10.4. The number of piperidine rings is 1. The molecule has 2 heterocycles. The molecule has 1 fully saturated rings. The van der Waals surface area contributed by atoms with Gasteiger partial charge in [0.1, 0.15) is 0 Å². The van der Waals surface area contributed by atoms with Gasteiger partial charge in [-0.3, -0.25) is 4.98 Å². The van der Waals surface area contributed by atoms with Crippen molar-refractivity contribution in [2.45, 2.75) is 25.5 Å². The monoisotopic (exact) mass is 339 g/mol. The van der Waals surface area contributed by atoms with E-state index in [0.29, 0.717) is 0 Å². The van der Waals surface area contributed by atoms with Crippen LogP contribution < -0.4 is 0 Å². The summed E-state index contributed by atoms with van der Waals surface area (Å²) in [6, 6.07) is 16.1. The van der Waals surface area contributed by atoms with Crippen LogP contribution in [0.4, 0.5) is 0 Å². The van der Waals surface area contributed by atoms with E-state index in [4.69, 9.17) is 0 Å². The Morgan fingerprint density at radius 1 is 1.12 bits per heavy atom. The average Bonchev–Trinajstić information content (AvgIpc) is 2.65. The molecule has 1 aliphatic heterocycles. The van der Waals surface area contributed by atoms with Crippen molar-refractivity contribution in [3.8, 4) is 0 Å². The fourth-order valence-electron chi connectivity index (χ4n) is 3.65. The van der Waals surface area contributed by atoms with Gasteiger partial charge in [-0.25, -0.2) is 0 Å². The van der Waals surface area contributed by atoms with Gasteiger partial charge in [0.15, 0.2) is 0 Å². The number of aromatic nitrogens is 1. The largest absolute Gasteiger partial charge is 0.387 e. The average molecular weight is 339 g/mol. The summed E-state index contributed by atoms with van der Waals surface area (Å²) in [7, 11) is 2.18. The van der Waals surface area contributed by atoms with Gasteiger partial charge in [0.2, 0.25) is 0 Å². The van der Waals surface area contributed by atoms with E-state index in [-0.39, 0.29) is 6.10 Å². The van der Waals surface area contributed by atoms with Crippen LogP contribution in [-0.2, 0) is 6.54 Å². The highest BCUT2D eigenvalue weighted by Crippen LogP contribution is 2.21. The first-order valence-electron chi connectivity index (χ1n) is 9.24. The van der Waals surface area contributed by atoms with Crippen LogP contribution in [0.25, 0.3) is 0 Å². The van der Waals surface area contributed by atoms with E-state index in [1.54, 1.807) is 0 Å². The molecule has 0 unspecified atom stereocenters. The van der Waals surface area contributed by atoms with Crippen molar-refractivity contribution >= 4 is 0 Å². The molecule has 0 radical (unpaired) electrons. The van der Waals surface area contributed by atoms with Gasteiger partial charge < -0.3 is 14.9 Å². The molecule has 1 saturated heterocycles. The summed E-state index contributed by atoms with van der Waals surface area (Å²) in [5, 5.41) is 10.4. The summed E-state index contributed by atoms with van der Waals surface area (Å²) >= 11 is 0. The Kier molecular flexibility index (Phi) is 6.56. The summed E-state index contributed by atoms with van der Waals surface area (Å²) in [4.78, 5) is 9.18. The summed E-state index contributed by atoms with van der Waals surface area (Å²) < 4.78 is 0. The van der Waals surface area contributed by atoms with Gasteiger partial charge in [0.25, 0.3) is 0 Å². The molecular formula is C21H29N3O. The van der Waals surface area contributed by atoms with Crippen LogP contribution in [0.1, 0.15) is 30.2 Å². The molecule has 0 aliphatic carbocycles. The highest BCUT2D eigenvalue weighted by atomic mass is 16.3. The lowest BCUT2D eigenvalue weighted by atomic mass is 9.95. The standard InChI is InChI=1S/C21H29N3O/c1-23(16-20-9-5-6-12-22-20)15-18-10-13-24(14-11-18)17-21(25)19-7-3-2-4-8-19/h2-9,12,18,21,25H,10-11,13-17H2,1H3/t21-/m1/s1. The highest BCUT2D eigenvalue weighted by molar-refractivity contribution is 5.17. The van der Waals surface area contributed by atoms with E-state index in [2.05, 4.69) is 27.9 Å². The fraction of sp³-hybridized carbons (Fsp3) is 0.476. The normalized spacial score (nSPS) is 17.7. The molecule has 0 amide bonds. The van der Waals surface area contributed by atoms with Gasteiger partial charge in [0.05, 0.1) is 11.8 Å². The van der Waals surface area contributed by atoms with E-state index in [0.717, 1.165) is 49.9 Å². The number of aliphatic hydroxyl groups excluding tert-OH is 1. The first-order chi connectivity index (χ1) is 12.2. The molecule has 1 atom stereocenters. The molecule has 0 saturated carbocycles. The van der Waals surface area contributed by atoms with Crippen LogP contribution in [0.2, 0.25) is 0 Å². The maximum Gasteiger partial charge on any atom is 0.0916 e. The zero-order valence-corrected chi connectivity index (χ0v) is 15.1. The fourth-order valence-corrected chi connectivity index (χ4v) is 3.65. The van der Waals surface area contributed by atoms with Crippen molar-refractivity contribution in [1.82, 2.24) is 14.8 Å². The van der Waals surface area contributed by atoms with Gasteiger partial charge >= 0.3 is 0 Å². The number of hydrogen-bond acceptors (Lipinski definition) is 4. The second kappa shape index (κ2) is 9.09. The summed E-state index contributed by atoms with van der Waals surface area (Å²) in [6.07, 6.45) is 3.88. The minimum absolute atomic E-state index is 0.385. The number of benzene rings is 1. The van der Waals surface area contributed by atoms with Gasteiger partial charge in [-0.2, -0.15) is 0 Å². The molecule has 0 bridgehead atoms. The molecule has 2 aromatic rings. The minimum atomic E-state index is -0.385. The molecule has 134 valence electrons. The number of hydrogen-bond donors (Lipinski definition) is 1. The van der Waals surface area contributed by atoms with Crippen LogP contribution in [0.5, 0.6) is 0 Å². The van der Waals surface area contributed by atoms with Gasteiger partial charge in [-0.05, 0) is 56.6 Å². The van der Waals surface area contributed by atoms with Crippen molar-refractivity contribution in [2.24, 2.45) is 5.92 Å². The number of aliphatic hydroxyl groups is 1. The molecule has 4 nitrogen and oxygen atoms in total. The third-order valence-electron chi connectivity index (χ3n) is 5.05. The lowest BCUT2D eigenvalue weighted by Crippen LogP contribution is -2.39. The van der Waals surface area contributed by atoms with Crippen LogP contribution in [0.3, 0.4) is 0 Å². The Labute approximate surface area is 151 Å². The second-order valence-electron chi connectivity index (χ2n) is 7.19. The summed E-state index contributed by atoms with van der Waals surface area (Å²) in [5.41, 5.74) is 2.15. The van der Waals surface area contributed by atoms with Crippen molar-refractivity contribution in [3.63, 3.8) is 0 Å². The quantitative estimate of drug-likeness (QED) is 0.842. The van der Waals surface area contributed by atoms with E-state index < -0.39 is 0 Å². The summed E-state index contributed by atoms with van der Waals surface area (Å²) in [6.45, 7) is 4.91. The predicted octanol–water partition coefficient (Wildman–Crippen LogP) is 2.96. The Hall–Kier alpha value is -1.75. The number of rotatable bonds is 7. The Balaban J connectivity index is 1.40. The number of β-amino-alcohol motifs (C(OH)–C–C–N with tert-alkyl or cyclic N) is 1. The number of pyridine rings is 1. The highest BCUT2D eigenvalue weighted by Gasteiger charge is 2.22. The smallest absolute Gasteiger partial charge is 0.0916 e. The predicted molar refractivity (Wildman–Crippen MR) is 101 cm³/mol.